The molecule has 0 aliphatic carbocycles. The summed E-state index contributed by atoms with van der Waals surface area (Å²) >= 11 is 1.39. The van der Waals surface area contributed by atoms with Crippen LogP contribution in [0.1, 0.15) is 39.2 Å². The molecular weight excluding hydrogens is 462 g/mol. The van der Waals surface area contributed by atoms with Crippen LogP contribution in [0.4, 0.5) is 0 Å². The molecule has 1 amide bonds. The molecule has 1 atom stereocenters. The molecule has 0 saturated carbocycles. The van der Waals surface area contributed by atoms with Gasteiger partial charge in [0.05, 0.1) is 23.9 Å². The van der Waals surface area contributed by atoms with E-state index < -0.39 is 10.0 Å². The first-order valence-corrected chi connectivity index (χ1v) is 13.9. The van der Waals surface area contributed by atoms with E-state index in [4.69, 9.17) is 4.74 Å². The maximum absolute atomic E-state index is 13.1. The molecular formula is C22H31N5O4S2. The molecule has 180 valence electrons. The number of sulfonamides is 1. The Morgan fingerprint density at radius 1 is 1.15 bits per heavy atom. The number of ether oxygens (including phenoxy) is 1. The van der Waals surface area contributed by atoms with Gasteiger partial charge in [-0.3, -0.25) is 9.36 Å². The number of carbonyl (C=O) groups is 1. The van der Waals surface area contributed by atoms with Gasteiger partial charge in [0, 0.05) is 37.8 Å². The van der Waals surface area contributed by atoms with Crippen molar-refractivity contribution in [2.24, 2.45) is 0 Å². The van der Waals surface area contributed by atoms with Gasteiger partial charge in [0.15, 0.2) is 11.0 Å². The molecule has 2 aliphatic heterocycles. The van der Waals surface area contributed by atoms with Crippen molar-refractivity contribution >= 4 is 27.7 Å². The number of likely N-dealkylation sites (tertiary alicyclic amines) is 1. The molecule has 0 N–H and O–H groups in total. The van der Waals surface area contributed by atoms with E-state index in [2.05, 4.69) is 24.0 Å². The largest absolute Gasteiger partial charge is 0.379 e. The predicted octanol–water partition coefficient (Wildman–Crippen LogP) is 2.65. The van der Waals surface area contributed by atoms with Crippen molar-refractivity contribution in [2.75, 3.05) is 45.1 Å². The SMILES string of the molecule is CC[C@H](C)n1c(SCC(=O)N2CCCC2)nnc1-c1cccc(S(=O)(=O)N2CCOCC2)c1. The molecule has 4 rings (SSSR count). The first-order chi connectivity index (χ1) is 15.9. The number of hydrogen-bond acceptors (Lipinski definition) is 7. The zero-order chi connectivity index (χ0) is 23.4. The van der Waals surface area contributed by atoms with E-state index in [9.17, 15) is 13.2 Å². The second-order valence-electron chi connectivity index (χ2n) is 8.35. The number of morpholine rings is 1. The normalized spacial score (nSPS) is 18.5. The van der Waals surface area contributed by atoms with Crippen LogP contribution in [-0.2, 0) is 19.6 Å². The topological polar surface area (TPSA) is 97.6 Å². The Morgan fingerprint density at radius 2 is 1.88 bits per heavy atom. The minimum atomic E-state index is -3.61. The van der Waals surface area contributed by atoms with Gasteiger partial charge in [-0.05, 0) is 38.3 Å². The van der Waals surface area contributed by atoms with Crippen molar-refractivity contribution in [3.05, 3.63) is 24.3 Å². The predicted molar refractivity (Wildman–Crippen MR) is 127 cm³/mol. The number of benzene rings is 1. The van der Waals surface area contributed by atoms with Gasteiger partial charge in [-0.25, -0.2) is 8.42 Å². The fraction of sp³-hybridized carbons (Fsp3) is 0.591. The van der Waals surface area contributed by atoms with Crippen LogP contribution in [0, 0.1) is 0 Å². The van der Waals surface area contributed by atoms with Crippen LogP contribution in [0.25, 0.3) is 11.4 Å². The maximum atomic E-state index is 13.1. The van der Waals surface area contributed by atoms with Crippen LogP contribution >= 0.6 is 11.8 Å². The smallest absolute Gasteiger partial charge is 0.243 e. The Balaban J connectivity index is 1.60. The molecule has 11 heteroatoms. The van der Waals surface area contributed by atoms with Crippen LogP contribution in [0.15, 0.2) is 34.3 Å². The Bertz CT molecular complexity index is 1080. The third-order valence-electron chi connectivity index (χ3n) is 6.18. The lowest BCUT2D eigenvalue weighted by Crippen LogP contribution is -2.40. The van der Waals surface area contributed by atoms with E-state index in [-0.39, 0.29) is 16.8 Å². The lowest BCUT2D eigenvalue weighted by Gasteiger charge is -2.26. The average Bonchev–Trinajstić information content (AvgIpc) is 3.53. The van der Waals surface area contributed by atoms with Crippen LogP contribution < -0.4 is 0 Å². The highest BCUT2D eigenvalue weighted by Crippen LogP contribution is 2.31. The van der Waals surface area contributed by atoms with E-state index in [0.29, 0.717) is 48.6 Å². The maximum Gasteiger partial charge on any atom is 0.243 e. The highest BCUT2D eigenvalue weighted by Gasteiger charge is 2.28. The second kappa shape index (κ2) is 10.5. The summed E-state index contributed by atoms with van der Waals surface area (Å²) in [4.78, 5) is 14.7. The number of thioether (sulfide) groups is 1. The van der Waals surface area contributed by atoms with E-state index in [1.165, 1.54) is 16.1 Å². The van der Waals surface area contributed by atoms with Gasteiger partial charge >= 0.3 is 0 Å². The number of hydrogen-bond donors (Lipinski definition) is 0. The summed E-state index contributed by atoms with van der Waals surface area (Å²) in [5.41, 5.74) is 0.690. The summed E-state index contributed by atoms with van der Waals surface area (Å²) in [6.45, 7) is 7.31. The Kier molecular flexibility index (Phi) is 7.72. The number of rotatable bonds is 8. The number of nitrogens with zero attached hydrogens (tertiary/aromatic N) is 5. The molecule has 3 heterocycles. The third-order valence-corrected chi connectivity index (χ3v) is 9.00. The monoisotopic (exact) mass is 493 g/mol. The minimum absolute atomic E-state index is 0.0962. The average molecular weight is 494 g/mol. The van der Waals surface area contributed by atoms with E-state index in [0.717, 1.165) is 32.4 Å². The molecule has 1 aromatic carbocycles. The van der Waals surface area contributed by atoms with Gasteiger partial charge in [0.1, 0.15) is 0 Å². The summed E-state index contributed by atoms with van der Waals surface area (Å²) in [5.74, 6) is 1.05. The Hall–Kier alpha value is -1.95. The molecule has 2 aliphatic rings. The molecule has 0 spiro atoms. The number of amides is 1. The molecule has 33 heavy (non-hydrogen) atoms. The van der Waals surface area contributed by atoms with Crippen molar-refractivity contribution in [1.82, 2.24) is 24.0 Å². The molecule has 2 saturated heterocycles. The van der Waals surface area contributed by atoms with Gasteiger partial charge in [0.25, 0.3) is 0 Å². The fourth-order valence-electron chi connectivity index (χ4n) is 4.07. The van der Waals surface area contributed by atoms with Crippen molar-refractivity contribution in [2.45, 2.75) is 49.2 Å². The summed E-state index contributed by atoms with van der Waals surface area (Å²) in [7, 11) is -3.61. The molecule has 2 fully saturated rings. The lowest BCUT2D eigenvalue weighted by atomic mass is 10.2. The standard InChI is InChI=1S/C22H31N5O4S2/c1-3-17(2)27-21(23-24-22(27)32-16-20(28)25-9-4-5-10-25)18-7-6-8-19(15-18)33(29,30)26-11-13-31-14-12-26/h6-8,15,17H,3-5,9-14,16H2,1-2H3/t17-/m0/s1. The van der Waals surface area contributed by atoms with E-state index in [1.807, 2.05) is 15.5 Å². The zero-order valence-corrected chi connectivity index (χ0v) is 20.8. The molecule has 0 bridgehead atoms. The Morgan fingerprint density at radius 3 is 2.58 bits per heavy atom. The molecule has 9 nitrogen and oxygen atoms in total. The van der Waals surface area contributed by atoms with Gasteiger partial charge < -0.3 is 9.64 Å². The highest BCUT2D eigenvalue weighted by molar-refractivity contribution is 7.99. The van der Waals surface area contributed by atoms with Crippen LogP contribution in [0.3, 0.4) is 0 Å². The van der Waals surface area contributed by atoms with Crippen molar-refractivity contribution in [1.29, 1.82) is 0 Å². The quantitative estimate of drug-likeness (QED) is 0.522. The van der Waals surface area contributed by atoms with Crippen LogP contribution in [-0.4, -0.2) is 83.4 Å². The summed E-state index contributed by atoms with van der Waals surface area (Å²) in [6, 6.07) is 6.96. The van der Waals surface area contributed by atoms with Gasteiger partial charge in [-0.1, -0.05) is 30.8 Å². The highest BCUT2D eigenvalue weighted by atomic mass is 32.2. The fourth-order valence-corrected chi connectivity index (χ4v) is 6.46. The molecule has 1 aromatic heterocycles. The minimum Gasteiger partial charge on any atom is -0.379 e. The molecule has 2 aromatic rings. The van der Waals surface area contributed by atoms with Gasteiger partial charge in [0.2, 0.25) is 15.9 Å². The van der Waals surface area contributed by atoms with Gasteiger partial charge in [-0.15, -0.1) is 10.2 Å². The Labute approximate surface area is 199 Å². The molecule has 0 radical (unpaired) electrons. The lowest BCUT2D eigenvalue weighted by molar-refractivity contribution is -0.127. The number of aromatic nitrogens is 3. The van der Waals surface area contributed by atoms with Crippen LogP contribution in [0.2, 0.25) is 0 Å². The summed E-state index contributed by atoms with van der Waals surface area (Å²) in [6.07, 6.45) is 2.98. The van der Waals surface area contributed by atoms with Crippen molar-refractivity contribution < 1.29 is 17.9 Å². The van der Waals surface area contributed by atoms with Crippen molar-refractivity contribution in [3.63, 3.8) is 0 Å². The first kappa shape index (κ1) is 24.2. The summed E-state index contributed by atoms with van der Waals surface area (Å²) < 4.78 is 35.0. The molecule has 0 unspecified atom stereocenters. The number of carbonyl (C=O) groups excluding carboxylic acids is 1. The second-order valence-corrected chi connectivity index (χ2v) is 11.2. The third kappa shape index (κ3) is 5.26. The van der Waals surface area contributed by atoms with Crippen molar-refractivity contribution in [3.8, 4) is 11.4 Å². The van der Waals surface area contributed by atoms with Crippen LogP contribution in [0.5, 0.6) is 0 Å². The van der Waals surface area contributed by atoms with Gasteiger partial charge in [-0.2, -0.15) is 4.31 Å². The first-order valence-electron chi connectivity index (χ1n) is 11.5. The van der Waals surface area contributed by atoms with E-state index >= 15 is 0 Å². The van der Waals surface area contributed by atoms with E-state index in [1.54, 1.807) is 18.2 Å². The zero-order valence-electron chi connectivity index (χ0n) is 19.1. The summed E-state index contributed by atoms with van der Waals surface area (Å²) in [5, 5.41) is 9.45.